The summed E-state index contributed by atoms with van der Waals surface area (Å²) in [6.45, 7) is 2.96. The van der Waals surface area contributed by atoms with Gasteiger partial charge < -0.3 is 24.8 Å². The molecule has 0 aromatic heterocycles. The van der Waals surface area contributed by atoms with Crippen LogP contribution in [-0.2, 0) is 9.53 Å². The molecular formula is C22H45NO5. The summed E-state index contributed by atoms with van der Waals surface area (Å²) < 4.78 is 5.51. The molecular weight excluding hydrogens is 358 g/mol. The van der Waals surface area contributed by atoms with Gasteiger partial charge in [-0.3, -0.25) is 4.79 Å². The lowest BCUT2D eigenvalue weighted by molar-refractivity contribution is -0.840. The van der Waals surface area contributed by atoms with Crippen molar-refractivity contribution in [1.82, 2.24) is 0 Å². The molecule has 6 nitrogen and oxygen atoms in total. The van der Waals surface area contributed by atoms with Gasteiger partial charge in [-0.2, -0.15) is 0 Å². The Morgan fingerprint density at radius 1 is 0.929 bits per heavy atom. The third-order valence-corrected chi connectivity index (χ3v) is 5.12. The molecule has 0 saturated carbocycles. The van der Waals surface area contributed by atoms with Crippen molar-refractivity contribution in [2.75, 3.05) is 27.2 Å². The highest BCUT2D eigenvalue weighted by atomic mass is 16.6. The van der Waals surface area contributed by atoms with Crippen LogP contribution in [0.25, 0.3) is 0 Å². The van der Waals surface area contributed by atoms with Gasteiger partial charge in [0.05, 0.1) is 32.9 Å². The first-order valence-electron chi connectivity index (χ1n) is 11.3. The molecule has 0 aromatic carbocycles. The maximum absolute atomic E-state index is 11.7. The topological polar surface area (TPSA) is 89.8 Å². The number of hydrogen-bond acceptors (Lipinski definition) is 4. The van der Waals surface area contributed by atoms with E-state index in [0.717, 1.165) is 57.8 Å². The monoisotopic (exact) mass is 403 g/mol. The lowest BCUT2D eigenvalue weighted by Gasteiger charge is -2.34. The molecule has 0 spiro atoms. The molecule has 0 saturated heterocycles. The maximum atomic E-state index is 11.7. The SMILES string of the molecule is CCCCCCCCC(O)C(CCCCCCCC(=O)O)OCC[N+](C)(C)[O-]. The van der Waals surface area contributed by atoms with Crippen molar-refractivity contribution in [3.05, 3.63) is 5.21 Å². The summed E-state index contributed by atoms with van der Waals surface area (Å²) in [4.78, 5) is 10.5. The Kier molecular flexibility index (Phi) is 16.8. The minimum absolute atomic E-state index is 0.207. The lowest BCUT2D eigenvalue weighted by atomic mass is 9.99. The molecule has 0 rings (SSSR count). The lowest BCUT2D eigenvalue weighted by Crippen LogP contribution is -2.38. The highest BCUT2D eigenvalue weighted by molar-refractivity contribution is 5.66. The van der Waals surface area contributed by atoms with E-state index >= 15 is 0 Å². The number of carboxylic acids is 1. The summed E-state index contributed by atoms with van der Waals surface area (Å²) in [5, 5.41) is 30.9. The molecule has 168 valence electrons. The molecule has 0 aromatic rings. The number of unbranched alkanes of at least 4 members (excludes halogenated alkanes) is 9. The minimum atomic E-state index is -0.731. The summed E-state index contributed by atoms with van der Waals surface area (Å²) in [6, 6.07) is 0. The predicted molar refractivity (Wildman–Crippen MR) is 114 cm³/mol. The van der Waals surface area contributed by atoms with Gasteiger partial charge in [0.15, 0.2) is 0 Å². The van der Waals surface area contributed by atoms with E-state index < -0.39 is 12.1 Å². The molecule has 0 amide bonds. The van der Waals surface area contributed by atoms with Crippen LogP contribution < -0.4 is 0 Å². The Balaban J connectivity index is 4.12. The van der Waals surface area contributed by atoms with Crippen LogP contribution in [0.3, 0.4) is 0 Å². The zero-order valence-corrected chi connectivity index (χ0v) is 18.5. The average Bonchev–Trinajstić information content (AvgIpc) is 2.60. The van der Waals surface area contributed by atoms with Crippen molar-refractivity contribution in [1.29, 1.82) is 0 Å². The van der Waals surface area contributed by atoms with Crippen LogP contribution >= 0.6 is 0 Å². The van der Waals surface area contributed by atoms with Gasteiger partial charge in [0.2, 0.25) is 0 Å². The zero-order valence-electron chi connectivity index (χ0n) is 18.5. The van der Waals surface area contributed by atoms with Gasteiger partial charge in [-0.1, -0.05) is 71.1 Å². The smallest absolute Gasteiger partial charge is 0.303 e. The molecule has 2 atom stereocenters. The van der Waals surface area contributed by atoms with Gasteiger partial charge in [0, 0.05) is 6.42 Å². The van der Waals surface area contributed by atoms with Gasteiger partial charge in [0.1, 0.15) is 6.54 Å². The Labute approximate surface area is 172 Å². The number of likely N-dealkylation sites (N-methyl/N-ethyl adjacent to an activating group) is 1. The Morgan fingerprint density at radius 3 is 2.04 bits per heavy atom. The normalized spacial score (nSPS) is 14.2. The number of carbonyl (C=O) groups is 1. The largest absolute Gasteiger partial charge is 0.633 e. The molecule has 0 aliphatic carbocycles. The fourth-order valence-corrected chi connectivity index (χ4v) is 3.28. The first-order valence-corrected chi connectivity index (χ1v) is 11.3. The first-order chi connectivity index (χ1) is 13.3. The number of aliphatic carboxylic acids is 1. The molecule has 0 fully saturated rings. The Morgan fingerprint density at radius 2 is 1.46 bits per heavy atom. The molecule has 0 radical (unpaired) electrons. The second-order valence-corrected chi connectivity index (χ2v) is 8.53. The molecule has 2 unspecified atom stereocenters. The van der Waals surface area contributed by atoms with Gasteiger partial charge >= 0.3 is 5.97 Å². The van der Waals surface area contributed by atoms with Gasteiger partial charge in [-0.05, 0) is 19.3 Å². The summed E-state index contributed by atoms with van der Waals surface area (Å²) in [5.41, 5.74) is 0. The van der Waals surface area contributed by atoms with E-state index in [4.69, 9.17) is 9.84 Å². The average molecular weight is 404 g/mol. The van der Waals surface area contributed by atoms with E-state index in [9.17, 15) is 15.1 Å². The van der Waals surface area contributed by atoms with Crippen LogP contribution in [0, 0.1) is 5.21 Å². The van der Waals surface area contributed by atoms with Crippen molar-refractivity contribution in [2.45, 2.75) is 109 Å². The summed E-state index contributed by atoms with van der Waals surface area (Å²) >= 11 is 0. The third kappa shape index (κ3) is 18.7. The van der Waals surface area contributed by atoms with Crippen molar-refractivity contribution in [3.63, 3.8) is 0 Å². The van der Waals surface area contributed by atoms with Crippen LogP contribution in [0.5, 0.6) is 0 Å². The quantitative estimate of drug-likeness (QED) is 0.172. The van der Waals surface area contributed by atoms with Gasteiger partial charge in [-0.25, -0.2) is 0 Å². The number of nitrogens with zero attached hydrogens (tertiary/aromatic N) is 1. The van der Waals surface area contributed by atoms with E-state index in [1.165, 1.54) is 25.7 Å². The number of hydroxylamine groups is 3. The van der Waals surface area contributed by atoms with E-state index in [1.807, 2.05) is 0 Å². The van der Waals surface area contributed by atoms with Crippen LogP contribution in [0.2, 0.25) is 0 Å². The number of aliphatic hydroxyl groups excluding tert-OH is 1. The summed E-state index contributed by atoms with van der Waals surface area (Å²) in [6.07, 6.45) is 12.9. The first kappa shape index (κ1) is 27.3. The maximum Gasteiger partial charge on any atom is 0.303 e. The zero-order chi connectivity index (χ0) is 21.3. The number of hydrogen-bond donors (Lipinski definition) is 2. The van der Waals surface area contributed by atoms with E-state index in [2.05, 4.69) is 6.92 Å². The Hall–Kier alpha value is -0.690. The number of quaternary nitrogens is 1. The van der Waals surface area contributed by atoms with Crippen molar-refractivity contribution in [3.8, 4) is 0 Å². The van der Waals surface area contributed by atoms with Crippen LogP contribution in [0.1, 0.15) is 96.8 Å². The molecule has 0 heterocycles. The van der Waals surface area contributed by atoms with Crippen molar-refractivity contribution < 1.29 is 24.4 Å². The molecule has 0 aliphatic rings. The molecule has 2 N–H and O–H groups in total. The Bertz CT molecular complexity index is 370. The fourth-order valence-electron chi connectivity index (χ4n) is 3.28. The van der Waals surface area contributed by atoms with E-state index in [1.54, 1.807) is 14.1 Å². The second kappa shape index (κ2) is 17.2. The van der Waals surface area contributed by atoms with E-state index in [-0.39, 0.29) is 17.2 Å². The molecule has 6 heteroatoms. The molecule has 0 aliphatic heterocycles. The van der Waals surface area contributed by atoms with Gasteiger partial charge in [0.25, 0.3) is 0 Å². The minimum Gasteiger partial charge on any atom is -0.633 e. The standard InChI is InChI=1S/C22H45NO5/c1-4-5-6-7-9-12-15-20(24)21(28-19-18-23(2,3)27)16-13-10-8-11-14-17-22(25)26/h20-21,24H,4-19H2,1-3H3,(H,25,26). The fraction of sp³-hybridized carbons (Fsp3) is 0.955. The highest BCUT2D eigenvalue weighted by Crippen LogP contribution is 2.18. The third-order valence-electron chi connectivity index (χ3n) is 5.12. The number of carboxylic acid groups (broad SMARTS) is 1. The van der Waals surface area contributed by atoms with Crippen LogP contribution in [0.4, 0.5) is 0 Å². The van der Waals surface area contributed by atoms with Crippen LogP contribution in [-0.4, -0.2) is 60.3 Å². The second-order valence-electron chi connectivity index (χ2n) is 8.53. The highest BCUT2D eigenvalue weighted by Gasteiger charge is 2.20. The summed E-state index contributed by atoms with van der Waals surface area (Å²) in [7, 11) is 3.20. The van der Waals surface area contributed by atoms with Crippen molar-refractivity contribution >= 4 is 5.97 Å². The summed E-state index contributed by atoms with van der Waals surface area (Å²) in [5.74, 6) is -0.731. The van der Waals surface area contributed by atoms with Crippen molar-refractivity contribution in [2.24, 2.45) is 0 Å². The van der Waals surface area contributed by atoms with Crippen LogP contribution in [0.15, 0.2) is 0 Å². The number of ether oxygens (including phenoxy) is 1. The predicted octanol–water partition coefficient (Wildman–Crippen LogP) is 4.87. The van der Waals surface area contributed by atoms with Gasteiger partial charge in [-0.15, -0.1) is 0 Å². The number of aliphatic hydroxyl groups is 1. The molecule has 0 bridgehead atoms. The number of rotatable bonds is 20. The van der Waals surface area contributed by atoms with E-state index in [0.29, 0.717) is 13.2 Å². The molecule has 28 heavy (non-hydrogen) atoms.